The van der Waals surface area contributed by atoms with Crippen molar-refractivity contribution in [3.8, 4) is 12.3 Å². The van der Waals surface area contributed by atoms with E-state index in [1.807, 2.05) is 17.1 Å². The second-order valence-corrected chi connectivity index (χ2v) is 12.3. The van der Waals surface area contributed by atoms with Gasteiger partial charge in [0, 0.05) is 13.1 Å². The van der Waals surface area contributed by atoms with Crippen molar-refractivity contribution in [2.75, 3.05) is 37.9 Å². The molecule has 0 radical (unpaired) electrons. The van der Waals surface area contributed by atoms with Crippen LogP contribution in [-0.2, 0) is 9.59 Å². The van der Waals surface area contributed by atoms with Crippen LogP contribution in [0.4, 0.5) is 13.2 Å². The van der Waals surface area contributed by atoms with Crippen molar-refractivity contribution in [1.29, 1.82) is 0 Å². The number of thiol groups is 1. The van der Waals surface area contributed by atoms with Crippen LogP contribution in [0.5, 0.6) is 0 Å². The Morgan fingerprint density at radius 3 is 2.03 bits per heavy atom. The van der Waals surface area contributed by atoms with Crippen LogP contribution >= 0.6 is 24.4 Å². The van der Waals surface area contributed by atoms with E-state index < -0.39 is 29.4 Å². The fourth-order valence-electron chi connectivity index (χ4n) is 4.01. The molecule has 37 heavy (non-hydrogen) atoms. The average Bonchev–Trinajstić information content (AvgIpc) is 3.09. The molecule has 1 saturated heterocycles. The van der Waals surface area contributed by atoms with Crippen LogP contribution in [0.15, 0.2) is 0 Å². The van der Waals surface area contributed by atoms with Crippen LogP contribution in [0.25, 0.3) is 0 Å². The zero-order valence-electron chi connectivity index (χ0n) is 23.7. The number of nitrogens with one attached hydrogen (secondary N) is 1. The average molecular weight is 594 g/mol. The maximum Gasteiger partial charge on any atom is 1.00 e. The zero-order valence-corrected chi connectivity index (χ0v) is 28.6. The topological polar surface area (TPSA) is 75.7 Å². The van der Waals surface area contributed by atoms with Crippen LogP contribution < -0.4 is 56.7 Å². The van der Waals surface area contributed by atoms with Crippen molar-refractivity contribution >= 4 is 36.2 Å². The number of nitrogens with zero attached hydrogens (tertiary/aromatic N) is 2. The van der Waals surface area contributed by atoms with Crippen LogP contribution in [0.2, 0.25) is 0 Å². The number of fused-ring (bicyclic) bond motifs is 1. The number of carbonyl (C=O) groups excluding carboxylic acids is 2. The molecule has 1 heterocycles. The first-order chi connectivity index (χ1) is 16.4. The zero-order chi connectivity index (χ0) is 28.5. The van der Waals surface area contributed by atoms with E-state index in [1.165, 1.54) is 12.8 Å². The molecule has 1 aliphatic carbocycles. The number of alkyl halides is 3. The predicted octanol–water partition coefficient (Wildman–Crippen LogP) is 1.70. The summed E-state index contributed by atoms with van der Waals surface area (Å²) in [5.74, 6) is 2.77. The number of amides is 2. The molecular formula is C25H43F3KN3O3S2. The number of likely N-dealkylation sites (tertiary alicyclic amines) is 1. The Morgan fingerprint density at radius 2 is 1.73 bits per heavy atom. The minimum absolute atomic E-state index is 0. The van der Waals surface area contributed by atoms with Gasteiger partial charge in [0.1, 0.15) is 6.04 Å². The van der Waals surface area contributed by atoms with Gasteiger partial charge in [-0.2, -0.15) is 37.6 Å². The molecule has 1 aliphatic heterocycles. The maximum absolute atomic E-state index is 12.6. The molecule has 6 nitrogen and oxygen atoms in total. The van der Waals surface area contributed by atoms with Gasteiger partial charge < -0.3 is 20.5 Å². The van der Waals surface area contributed by atoms with Gasteiger partial charge in [0.15, 0.2) is 0 Å². The molecule has 2 aliphatic rings. The summed E-state index contributed by atoms with van der Waals surface area (Å²) in [4.78, 5) is 25.4. The van der Waals surface area contributed by atoms with Gasteiger partial charge in [-0.05, 0) is 60.3 Å². The van der Waals surface area contributed by atoms with E-state index in [0.29, 0.717) is 24.9 Å². The van der Waals surface area contributed by atoms with Gasteiger partial charge in [0.05, 0.1) is 6.04 Å². The summed E-state index contributed by atoms with van der Waals surface area (Å²) < 4.78 is 37.4. The first-order valence-electron chi connectivity index (χ1n) is 12.0. The molecule has 4 atom stereocenters. The minimum Gasteiger partial charge on any atom is -0.784 e. The van der Waals surface area contributed by atoms with Crippen molar-refractivity contribution in [1.82, 2.24) is 15.3 Å². The van der Waals surface area contributed by atoms with Gasteiger partial charge in [-0.3, -0.25) is 9.59 Å². The quantitative estimate of drug-likeness (QED) is 0.204. The Hall–Kier alpha value is 0.546. The van der Waals surface area contributed by atoms with E-state index in [4.69, 9.17) is 6.42 Å². The van der Waals surface area contributed by atoms with Crippen LogP contribution in [0.3, 0.4) is 0 Å². The minimum atomic E-state index is -4.99. The summed E-state index contributed by atoms with van der Waals surface area (Å²) >= 11 is 5.87. The van der Waals surface area contributed by atoms with Crippen molar-refractivity contribution < 1.29 is 74.1 Å². The molecule has 0 spiro atoms. The molecule has 2 amide bonds. The molecule has 1 saturated carbocycles. The molecular weight excluding hydrogens is 551 g/mol. The molecule has 1 N–H and O–H groups in total. The summed E-state index contributed by atoms with van der Waals surface area (Å²) in [7, 11) is 1.45. The third-order valence-corrected chi connectivity index (χ3v) is 7.53. The van der Waals surface area contributed by atoms with Crippen molar-refractivity contribution in [3.05, 3.63) is 5.21 Å². The summed E-state index contributed by atoms with van der Waals surface area (Å²) in [5, 5.41) is 13.3. The smallest absolute Gasteiger partial charge is 0.784 e. The Bertz CT molecular complexity index is 740. The molecule has 4 unspecified atom stereocenters. The number of thioether (sulfide) groups is 1. The molecule has 2 fully saturated rings. The first kappa shape index (κ1) is 39.7. The summed E-state index contributed by atoms with van der Waals surface area (Å²) in [6.07, 6.45) is 3.84. The summed E-state index contributed by atoms with van der Waals surface area (Å²) in [6, 6.07) is -1.45. The van der Waals surface area contributed by atoms with Crippen molar-refractivity contribution in [2.45, 2.75) is 72.6 Å². The van der Waals surface area contributed by atoms with E-state index in [9.17, 15) is 28.0 Å². The normalized spacial score (nSPS) is 21.1. The predicted molar refractivity (Wildman–Crippen MR) is 146 cm³/mol. The molecule has 2 rings (SSSR count). The molecule has 0 aromatic rings. The van der Waals surface area contributed by atoms with E-state index in [-0.39, 0.29) is 62.8 Å². The monoisotopic (exact) mass is 593 g/mol. The third kappa shape index (κ3) is 13.2. The maximum atomic E-state index is 12.6. The summed E-state index contributed by atoms with van der Waals surface area (Å²) in [6.45, 7) is 12.5. The van der Waals surface area contributed by atoms with Crippen molar-refractivity contribution in [3.63, 3.8) is 0 Å². The first-order valence-corrected chi connectivity index (χ1v) is 14.0. The number of hydrogen-bond donors (Lipinski definition) is 2. The number of hydrogen-bond acceptors (Lipinski definition) is 6. The van der Waals surface area contributed by atoms with Gasteiger partial charge in [0.25, 0.3) is 0 Å². The largest absolute Gasteiger partial charge is 1.00 e. The molecule has 0 aromatic carbocycles. The second-order valence-electron chi connectivity index (χ2n) is 10.7. The third-order valence-electron chi connectivity index (χ3n) is 6.64. The van der Waals surface area contributed by atoms with Crippen LogP contribution in [0.1, 0.15) is 54.4 Å². The Labute approximate surface area is 273 Å². The summed E-state index contributed by atoms with van der Waals surface area (Å²) in [5.41, 5.74) is -0.580. The molecule has 210 valence electrons. The van der Waals surface area contributed by atoms with Gasteiger partial charge in [-0.25, -0.2) is 0 Å². The standard InChI is InChI=1S/C15H23F3N2O2.C7H12NOS.C3H8S.K/c1-13(2,3)10(19-12(22)15(16,17)18)11(21)20-6-8-9(7-20)14(8,4)5;1-3-7(8(2)9)5-4-6-10;1-3-4-2;/h8-10H,6-7H2,1-5H3,(H,19,22);1,7,10H,4-6H2,2H3;3H2,1-2H3;/q;-1;;+1. The van der Waals surface area contributed by atoms with E-state index in [2.05, 4.69) is 45.6 Å². The van der Waals surface area contributed by atoms with Gasteiger partial charge in [-0.15, -0.1) is 6.42 Å². The SMILES string of the molecule is C#CC(CCCS)N(C)[O-].CC(C)(C)C(NC(=O)C(F)(F)F)C(=O)N1CC2C(C1)C2(C)C.CCSC.[K+]. The molecule has 0 aromatic heterocycles. The number of hydroxylamine groups is 2. The Balaban J connectivity index is 0. The number of halogens is 3. The number of terminal acetylenes is 1. The molecule has 12 heteroatoms. The fraction of sp³-hybridized carbons (Fsp3) is 0.840. The number of piperidine rings is 1. The Morgan fingerprint density at radius 1 is 1.27 bits per heavy atom. The van der Waals surface area contributed by atoms with Crippen LogP contribution in [0, 0.1) is 40.2 Å². The number of carbonyl (C=O) groups is 2. The Kier molecular flexibility index (Phi) is 18.6. The van der Waals surface area contributed by atoms with Crippen molar-refractivity contribution in [2.24, 2.45) is 22.7 Å². The number of rotatable bonds is 7. The van der Waals surface area contributed by atoms with E-state index in [1.54, 1.807) is 25.7 Å². The van der Waals surface area contributed by atoms with E-state index in [0.717, 1.165) is 23.7 Å². The second kappa shape index (κ2) is 17.4. The van der Waals surface area contributed by atoms with E-state index >= 15 is 0 Å². The van der Waals surface area contributed by atoms with Gasteiger partial charge in [-0.1, -0.05) is 47.5 Å². The van der Waals surface area contributed by atoms with Crippen LogP contribution in [-0.4, -0.2) is 77.9 Å². The van der Waals surface area contributed by atoms with Gasteiger partial charge in [0.2, 0.25) is 5.91 Å². The molecule has 0 bridgehead atoms. The fourth-order valence-corrected chi connectivity index (χ4v) is 4.19. The van der Waals surface area contributed by atoms with Gasteiger partial charge >= 0.3 is 63.5 Å².